The molecule has 2 rings (SSSR count). The van der Waals surface area contributed by atoms with Gasteiger partial charge in [-0.15, -0.1) is 0 Å². The molecule has 0 aromatic heterocycles. The SMILES string of the molecule is CC(C)(C)c1ccc(OCCCNC(=O)Nc2ccccc2[N+](=O)[O-])cc1. The summed E-state index contributed by atoms with van der Waals surface area (Å²) >= 11 is 0. The van der Waals surface area contributed by atoms with E-state index in [4.69, 9.17) is 4.74 Å². The van der Waals surface area contributed by atoms with Gasteiger partial charge >= 0.3 is 6.03 Å². The van der Waals surface area contributed by atoms with Gasteiger partial charge in [-0.2, -0.15) is 0 Å². The first-order valence-corrected chi connectivity index (χ1v) is 8.79. The van der Waals surface area contributed by atoms with Gasteiger partial charge in [-0.3, -0.25) is 10.1 Å². The Balaban J connectivity index is 1.71. The number of nitrogens with zero attached hydrogens (tertiary/aromatic N) is 1. The molecule has 144 valence electrons. The molecule has 0 aliphatic heterocycles. The quantitative estimate of drug-likeness (QED) is 0.426. The molecule has 0 aliphatic rings. The molecule has 2 aromatic rings. The molecule has 0 unspecified atom stereocenters. The Bertz CT molecular complexity index is 783. The Labute approximate surface area is 158 Å². The molecule has 7 heteroatoms. The molecule has 0 heterocycles. The second kappa shape index (κ2) is 9.02. The molecule has 0 fully saturated rings. The topological polar surface area (TPSA) is 93.5 Å². The van der Waals surface area contributed by atoms with E-state index in [1.807, 2.05) is 24.3 Å². The molecule has 0 spiro atoms. The van der Waals surface area contributed by atoms with Crippen LogP contribution in [0.2, 0.25) is 0 Å². The lowest BCUT2D eigenvalue weighted by Gasteiger charge is -2.19. The number of anilines is 1. The van der Waals surface area contributed by atoms with Crippen molar-refractivity contribution in [2.24, 2.45) is 0 Å². The van der Waals surface area contributed by atoms with Crippen molar-refractivity contribution in [2.75, 3.05) is 18.5 Å². The van der Waals surface area contributed by atoms with Gasteiger partial charge in [0.15, 0.2) is 0 Å². The highest BCUT2D eigenvalue weighted by molar-refractivity contribution is 5.91. The smallest absolute Gasteiger partial charge is 0.319 e. The Morgan fingerprint density at radius 2 is 1.78 bits per heavy atom. The fourth-order valence-corrected chi connectivity index (χ4v) is 2.42. The van der Waals surface area contributed by atoms with E-state index in [2.05, 4.69) is 31.4 Å². The first-order chi connectivity index (χ1) is 12.8. The third kappa shape index (κ3) is 6.29. The summed E-state index contributed by atoms with van der Waals surface area (Å²) < 4.78 is 5.66. The van der Waals surface area contributed by atoms with Crippen molar-refractivity contribution >= 4 is 17.4 Å². The lowest BCUT2D eigenvalue weighted by atomic mass is 9.87. The predicted octanol–water partition coefficient (Wildman–Crippen LogP) is 4.48. The van der Waals surface area contributed by atoms with Gasteiger partial charge < -0.3 is 15.4 Å². The Hall–Kier alpha value is -3.09. The van der Waals surface area contributed by atoms with Gasteiger partial charge in [-0.25, -0.2) is 4.79 Å². The van der Waals surface area contributed by atoms with E-state index in [0.29, 0.717) is 19.6 Å². The fourth-order valence-electron chi connectivity index (χ4n) is 2.42. The van der Waals surface area contributed by atoms with Crippen LogP contribution in [0.25, 0.3) is 0 Å². The van der Waals surface area contributed by atoms with Crippen LogP contribution in [0.15, 0.2) is 48.5 Å². The van der Waals surface area contributed by atoms with Gasteiger partial charge in [0.05, 0.1) is 11.5 Å². The van der Waals surface area contributed by atoms with Crippen LogP contribution in [-0.4, -0.2) is 24.1 Å². The summed E-state index contributed by atoms with van der Waals surface area (Å²) in [6.07, 6.45) is 0.616. The van der Waals surface area contributed by atoms with Gasteiger partial charge in [-0.1, -0.05) is 45.0 Å². The van der Waals surface area contributed by atoms with Crippen LogP contribution in [0, 0.1) is 10.1 Å². The van der Waals surface area contributed by atoms with E-state index < -0.39 is 11.0 Å². The largest absolute Gasteiger partial charge is 0.494 e. The number of hydrogen-bond donors (Lipinski definition) is 2. The van der Waals surface area contributed by atoms with Crippen LogP contribution < -0.4 is 15.4 Å². The van der Waals surface area contributed by atoms with Gasteiger partial charge in [0, 0.05) is 12.6 Å². The molecule has 0 saturated heterocycles. The number of nitrogens with one attached hydrogen (secondary N) is 2. The van der Waals surface area contributed by atoms with Crippen molar-refractivity contribution in [3.05, 3.63) is 64.2 Å². The Morgan fingerprint density at radius 3 is 2.41 bits per heavy atom. The standard InChI is InChI=1S/C20H25N3O4/c1-20(2,3)15-9-11-16(12-10-15)27-14-6-13-21-19(24)22-17-7-4-5-8-18(17)23(25)26/h4-5,7-12H,6,13-14H2,1-3H3,(H2,21,22,24). The fraction of sp³-hybridized carbons (Fsp3) is 0.350. The summed E-state index contributed by atoms with van der Waals surface area (Å²) in [4.78, 5) is 22.3. The van der Waals surface area contributed by atoms with Gasteiger partial charge in [0.2, 0.25) is 0 Å². The minimum atomic E-state index is -0.533. The highest BCUT2D eigenvalue weighted by atomic mass is 16.6. The molecule has 27 heavy (non-hydrogen) atoms. The number of rotatable bonds is 7. The van der Waals surface area contributed by atoms with Crippen molar-refractivity contribution in [2.45, 2.75) is 32.6 Å². The molecule has 2 aromatic carbocycles. The summed E-state index contributed by atoms with van der Waals surface area (Å²) in [6, 6.07) is 13.5. The van der Waals surface area contributed by atoms with Crippen molar-refractivity contribution in [1.29, 1.82) is 0 Å². The normalized spacial score (nSPS) is 10.9. The zero-order valence-corrected chi connectivity index (χ0v) is 15.8. The summed E-state index contributed by atoms with van der Waals surface area (Å²) in [5.74, 6) is 0.785. The molecule has 0 bridgehead atoms. The van der Waals surface area contributed by atoms with E-state index in [-0.39, 0.29) is 16.8 Å². The van der Waals surface area contributed by atoms with Crippen molar-refractivity contribution in [3.8, 4) is 5.75 Å². The predicted molar refractivity (Wildman–Crippen MR) is 105 cm³/mol. The molecule has 2 amide bonds. The van der Waals surface area contributed by atoms with Crippen LogP contribution in [0.5, 0.6) is 5.75 Å². The number of para-hydroxylation sites is 2. The van der Waals surface area contributed by atoms with Gasteiger partial charge in [0.1, 0.15) is 11.4 Å². The molecular weight excluding hydrogens is 346 g/mol. The van der Waals surface area contributed by atoms with Crippen molar-refractivity contribution in [1.82, 2.24) is 5.32 Å². The molecular formula is C20H25N3O4. The number of carbonyl (C=O) groups excluding carboxylic acids is 1. The van der Waals surface area contributed by atoms with Gasteiger partial charge in [0.25, 0.3) is 5.69 Å². The summed E-state index contributed by atoms with van der Waals surface area (Å²) in [6.45, 7) is 7.32. The second-order valence-corrected chi connectivity index (χ2v) is 7.13. The summed E-state index contributed by atoms with van der Waals surface area (Å²) in [5, 5.41) is 16.1. The highest BCUT2D eigenvalue weighted by Crippen LogP contribution is 2.24. The third-order valence-corrected chi connectivity index (χ3v) is 3.94. The van der Waals surface area contributed by atoms with E-state index in [1.165, 1.54) is 17.7 Å². The molecule has 7 nitrogen and oxygen atoms in total. The first kappa shape index (κ1) is 20.2. The number of nitro groups is 1. The lowest BCUT2D eigenvalue weighted by molar-refractivity contribution is -0.383. The van der Waals surface area contributed by atoms with Crippen LogP contribution in [-0.2, 0) is 5.41 Å². The number of nitro benzene ring substituents is 1. The Morgan fingerprint density at radius 1 is 1.11 bits per heavy atom. The van der Waals surface area contributed by atoms with Gasteiger partial charge in [-0.05, 0) is 35.6 Å². The van der Waals surface area contributed by atoms with E-state index in [1.54, 1.807) is 12.1 Å². The zero-order chi connectivity index (χ0) is 19.9. The number of hydrogen-bond acceptors (Lipinski definition) is 4. The van der Waals surface area contributed by atoms with E-state index in [9.17, 15) is 14.9 Å². The van der Waals surface area contributed by atoms with Crippen molar-refractivity contribution in [3.63, 3.8) is 0 Å². The first-order valence-electron chi connectivity index (χ1n) is 8.79. The average molecular weight is 371 g/mol. The number of urea groups is 1. The maximum Gasteiger partial charge on any atom is 0.319 e. The van der Waals surface area contributed by atoms with Crippen molar-refractivity contribution < 1.29 is 14.5 Å². The van der Waals surface area contributed by atoms with Crippen LogP contribution in [0.4, 0.5) is 16.2 Å². The number of carbonyl (C=O) groups is 1. The Kier molecular flexibility index (Phi) is 6.76. The maximum atomic E-state index is 11.9. The lowest BCUT2D eigenvalue weighted by Crippen LogP contribution is -2.30. The monoisotopic (exact) mass is 371 g/mol. The number of ether oxygens (including phenoxy) is 1. The molecule has 0 saturated carbocycles. The second-order valence-electron chi connectivity index (χ2n) is 7.13. The zero-order valence-electron chi connectivity index (χ0n) is 15.8. The summed E-state index contributed by atoms with van der Waals surface area (Å²) in [5.41, 5.74) is 1.36. The third-order valence-electron chi connectivity index (χ3n) is 3.94. The number of amides is 2. The van der Waals surface area contributed by atoms with E-state index >= 15 is 0 Å². The van der Waals surface area contributed by atoms with Crippen LogP contribution in [0.3, 0.4) is 0 Å². The highest BCUT2D eigenvalue weighted by Gasteiger charge is 2.14. The minimum Gasteiger partial charge on any atom is -0.494 e. The molecule has 2 N–H and O–H groups in total. The van der Waals surface area contributed by atoms with Crippen LogP contribution >= 0.6 is 0 Å². The maximum absolute atomic E-state index is 11.9. The van der Waals surface area contributed by atoms with E-state index in [0.717, 1.165) is 5.75 Å². The van der Waals surface area contributed by atoms with Crippen LogP contribution in [0.1, 0.15) is 32.8 Å². The summed E-state index contributed by atoms with van der Waals surface area (Å²) in [7, 11) is 0. The molecule has 0 atom stereocenters. The number of benzene rings is 2. The minimum absolute atomic E-state index is 0.101. The molecule has 0 aliphatic carbocycles. The molecule has 0 radical (unpaired) electrons. The average Bonchev–Trinajstić information content (AvgIpc) is 2.61.